The maximum Gasteiger partial charge on any atom is 0.291 e. The lowest BCUT2D eigenvalue weighted by atomic mass is 9.88. The Hall–Kier alpha value is -1.73. The molecule has 5 heterocycles. The first kappa shape index (κ1) is 11.9. The van der Waals surface area contributed by atoms with Crippen molar-refractivity contribution in [2.24, 2.45) is 10.9 Å². The number of thiophene rings is 1. The monoisotopic (exact) mass is 301 g/mol. The van der Waals surface area contributed by atoms with Gasteiger partial charge in [0.15, 0.2) is 5.82 Å². The second-order valence-corrected chi connectivity index (χ2v) is 6.91. The Morgan fingerprint density at radius 1 is 1.43 bits per heavy atom. The van der Waals surface area contributed by atoms with Crippen LogP contribution >= 0.6 is 11.3 Å². The van der Waals surface area contributed by atoms with Crippen LogP contribution in [-0.2, 0) is 4.74 Å². The largest absolute Gasteiger partial charge is 0.455 e. The highest BCUT2D eigenvalue weighted by Gasteiger charge is 2.54. The summed E-state index contributed by atoms with van der Waals surface area (Å²) in [6.07, 6.45) is 2.80. The highest BCUT2D eigenvalue weighted by molar-refractivity contribution is 7.17. The molecule has 2 aromatic rings. The van der Waals surface area contributed by atoms with Crippen LogP contribution < -0.4 is 5.32 Å². The fourth-order valence-electron chi connectivity index (χ4n) is 3.71. The molecule has 0 aromatic carbocycles. The molecule has 0 saturated carbocycles. The van der Waals surface area contributed by atoms with Crippen molar-refractivity contribution in [1.82, 2.24) is 14.9 Å². The average Bonchev–Trinajstić information content (AvgIpc) is 3.23. The normalized spacial score (nSPS) is 33.6. The third kappa shape index (κ3) is 1.70. The van der Waals surface area contributed by atoms with Gasteiger partial charge in [-0.25, -0.2) is 15.0 Å². The third-order valence-corrected chi connectivity index (χ3v) is 5.68. The molecular weight excluding hydrogens is 286 g/mol. The minimum Gasteiger partial charge on any atom is -0.455 e. The number of anilines is 1. The first-order valence-electron chi connectivity index (χ1n) is 7.23. The number of nitrogens with one attached hydrogen (secondary N) is 1. The van der Waals surface area contributed by atoms with Crippen molar-refractivity contribution < 1.29 is 4.74 Å². The summed E-state index contributed by atoms with van der Waals surface area (Å²) in [5, 5.41) is 5.27. The summed E-state index contributed by atoms with van der Waals surface area (Å²) >= 11 is 1.63. The summed E-state index contributed by atoms with van der Waals surface area (Å²) in [5.41, 5.74) is 0.860. The SMILES string of the molecule is c1nc(NC2=NCC3(CN4CCC3C4)O2)c2sccc2n1. The topological polar surface area (TPSA) is 62.6 Å². The number of amidine groups is 1. The molecule has 3 unspecified atom stereocenters. The van der Waals surface area contributed by atoms with E-state index in [1.807, 2.05) is 11.4 Å². The summed E-state index contributed by atoms with van der Waals surface area (Å²) in [7, 11) is 0. The Labute approximate surface area is 125 Å². The van der Waals surface area contributed by atoms with Crippen molar-refractivity contribution in [3.05, 3.63) is 17.8 Å². The maximum absolute atomic E-state index is 6.21. The van der Waals surface area contributed by atoms with Crippen molar-refractivity contribution in [3.63, 3.8) is 0 Å². The van der Waals surface area contributed by atoms with E-state index in [1.54, 1.807) is 17.7 Å². The lowest BCUT2D eigenvalue weighted by Crippen LogP contribution is -2.46. The van der Waals surface area contributed by atoms with Crippen LogP contribution in [-0.4, -0.2) is 52.7 Å². The van der Waals surface area contributed by atoms with Crippen LogP contribution in [0.1, 0.15) is 6.42 Å². The second-order valence-electron chi connectivity index (χ2n) is 5.99. The number of aromatic nitrogens is 2. The van der Waals surface area contributed by atoms with E-state index >= 15 is 0 Å². The lowest BCUT2D eigenvalue weighted by molar-refractivity contribution is 0.0364. The second kappa shape index (κ2) is 4.14. The van der Waals surface area contributed by atoms with Gasteiger partial charge in [0.2, 0.25) is 0 Å². The smallest absolute Gasteiger partial charge is 0.291 e. The van der Waals surface area contributed by atoms with Crippen molar-refractivity contribution in [2.45, 2.75) is 12.0 Å². The van der Waals surface area contributed by atoms with Crippen LogP contribution in [0.4, 0.5) is 5.82 Å². The highest BCUT2D eigenvalue weighted by atomic mass is 32.1. The summed E-state index contributed by atoms with van der Waals surface area (Å²) in [6, 6.07) is 2.60. The van der Waals surface area contributed by atoms with E-state index in [0.29, 0.717) is 11.9 Å². The van der Waals surface area contributed by atoms with Crippen LogP contribution in [0.3, 0.4) is 0 Å². The van der Waals surface area contributed by atoms with Gasteiger partial charge in [0.1, 0.15) is 11.9 Å². The van der Waals surface area contributed by atoms with E-state index in [1.165, 1.54) is 13.0 Å². The molecule has 1 N–H and O–H groups in total. The summed E-state index contributed by atoms with van der Waals surface area (Å²) < 4.78 is 7.26. The van der Waals surface area contributed by atoms with E-state index in [0.717, 1.165) is 35.7 Å². The highest BCUT2D eigenvalue weighted by Crippen LogP contribution is 2.41. The molecule has 2 bridgehead atoms. The minimum absolute atomic E-state index is 0.0951. The van der Waals surface area contributed by atoms with Crippen LogP contribution in [0.25, 0.3) is 10.2 Å². The predicted molar refractivity (Wildman–Crippen MR) is 81.7 cm³/mol. The van der Waals surface area contributed by atoms with Gasteiger partial charge in [0, 0.05) is 19.0 Å². The fraction of sp³-hybridized carbons (Fsp3) is 0.500. The van der Waals surface area contributed by atoms with E-state index in [4.69, 9.17) is 4.74 Å². The van der Waals surface area contributed by atoms with Crippen LogP contribution in [0.5, 0.6) is 0 Å². The number of aliphatic imine (C=N–C) groups is 1. The molecule has 3 aliphatic rings. The molecule has 7 heteroatoms. The molecule has 3 aliphatic heterocycles. The zero-order valence-electron chi connectivity index (χ0n) is 11.5. The van der Waals surface area contributed by atoms with E-state index in [2.05, 4.69) is 25.2 Å². The van der Waals surface area contributed by atoms with E-state index in [-0.39, 0.29) is 5.60 Å². The number of nitrogens with zero attached hydrogens (tertiary/aromatic N) is 4. The Bertz CT molecular complexity index is 744. The lowest BCUT2D eigenvalue weighted by Gasteiger charge is -2.32. The van der Waals surface area contributed by atoms with E-state index < -0.39 is 0 Å². The quantitative estimate of drug-likeness (QED) is 0.866. The first-order chi connectivity index (χ1) is 10.3. The van der Waals surface area contributed by atoms with Gasteiger partial charge < -0.3 is 4.74 Å². The summed E-state index contributed by atoms with van der Waals surface area (Å²) in [4.78, 5) is 15.6. The van der Waals surface area contributed by atoms with Gasteiger partial charge in [-0.15, -0.1) is 11.3 Å². The molecule has 0 aliphatic carbocycles. The molecular formula is C14H15N5OS. The predicted octanol–water partition coefficient (Wildman–Crippen LogP) is 1.56. The fourth-order valence-corrected chi connectivity index (χ4v) is 4.50. The van der Waals surface area contributed by atoms with Gasteiger partial charge in [-0.05, 0) is 24.4 Å². The number of fused-ring (bicyclic) bond motifs is 4. The molecule has 0 amide bonds. The van der Waals surface area contributed by atoms with Gasteiger partial charge in [-0.2, -0.15) is 0 Å². The zero-order valence-corrected chi connectivity index (χ0v) is 12.3. The van der Waals surface area contributed by atoms with Crippen molar-refractivity contribution in [2.75, 3.05) is 31.5 Å². The minimum atomic E-state index is -0.0951. The van der Waals surface area contributed by atoms with Crippen molar-refractivity contribution >= 4 is 33.4 Å². The van der Waals surface area contributed by atoms with Gasteiger partial charge >= 0.3 is 0 Å². The van der Waals surface area contributed by atoms with Crippen molar-refractivity contribution in [3.8, 4) is 0 Å². The molecule has 2 aromatic heterocycles. The Morgan fingerprint density at radius 3 is 3.29 bits per heavy atom. The van der Waals surface area contributed by atoms with Gasteiger partial charge in [-0.3, -0.25) is 10.2 Å². The number of ether oxygens (including phenoxy) is 1. The Kier molecular flexibility index (Phi) is 2.34. The number of hydrogen-bond acceptors (Lipinski definition) is 7. The van der Waals surface area contributed by atoms with Crippen LogP contribution in [0, 0.1) is 5.92 Å². The molecule has 21 heavy (non-hydrogen) atoms. The molecule has 0 radical (unpaired) electrons. The summed E-state index contributed by atoms with van der Waals surface area (Å²) in [6.45, 7) is 4.13. The summed E-state index contributed by atoms with van der Waals surface area (Å²) in [5.74, 6) is 1.40. The number of hydrogen-bond donors (Lipinski definition) is 1. The van der Waals surface area contributed by atoms with Crippen LogP contribution in [0.15, 0.2) is 22.8 Å². The molecule has 6 nitrogen and oxygen atoms in total. The van der Waals surface area contributed by atoms with E-state index in [9.17, 15) is 0 Å². The van der Waals surface area contributed by atoms with Crippen molar-refractivity contribution in [1.29, 1.82) is 0 Å². The first-order valence-corrected chi connectivity index (χ1v) is 8.11. The molecule has 2 saturated heterocycles. The maximum atomic E-state index is 6.21. The van der Waals surface area contributed by atoms with Crippen LogP contribution in [0.2, 0.25) is 0 Å². The molecule has 108 valence electrons. The Balaban J connectivity index is 1.39. The standard InChI is InChI=1S/C14H15N5OS/c1-3-19-5-9(1)14(7-19)6-15-13(20-14)18-12-11-10(2-4-21-11)16-8-17-12/h2,4,8-9H,1,3,5-7H2,(H,15,16,17,18). The average molecular weight is 301 g/mol. The molecule has 5 rings (SSSR count). The third-order valence-electron chi connectivity index (χ3n) is 4.77. The number of piperidine rings is 1. The molecule has 3 atom stereocenters. The zero-order chi connectivity index (χ0) is 13.9. The molecule has 1 spiro atoms. The number of rotatable bonds is 1. The van der Waals surface area contributed by atoms with Gasteiger partial charge in [0.25, 0.3) is 6.02 Å². The Morgan fingerprint density at radius 2 is 2.43 bits per heavy atom. The van der Waals surface area contributed by atoms with Gasteiger partial charge in [-0.1, -0.05) is 0 Å². The van der Waals surface area contributed by atoms with Gasteiger partial charge in [0.05, 0.1) is 16.8 Å². The molecule has 2 fully saturated rings.